The topological polar surface area (TPSA) is 114 Å². The Kier molecular flexibility index (Phi) is 5.54. The molecule has 146 valence electrons. The lowest BCUT2D eigenvalue weighted by Crippen LogP contribution is -2.47. The SMILES string of the molecule is CNc1nc(-c2cc(F)c(C#N)c(F)c2)cc(N2CCC[C@@H](NC(=O)O)C2)n1. The van der Waals surface area contributed by atoms with Gasteiger partial charge in [0.1, 0.15) is 29.1 Å². The molecule has 1 aromatic heterocycles. The van der Waals surface area contributed by atoms with Crippen LogP contribution in [0.2, 0.25) is 0 Å². The quantitative estimate of drug-likeness (QED) is 0.737. The molecule has 0 radical (unpaired) electrons. The molecule has 1 fully saturated rings. The zero-order valence-electron chi connectivity index (χ0n) is 15.0. The van der Waals surface area contributed by atoms with Crippen molar-refractivity contribution in [1.82, 2.24) is 15.3 Å². The van der Waals surface area contributed by atoms with Crippen LogP contribution in [0.15, 0.2) is 18.2 Å². The number of halogens is 2. The maximum absolute atomic E-state index is 14.0. The number of anilines is 2. The molecule has 0 saturated carbocycles. The molecular weight excluding hydrogens is 370 g/mol. The number of benzene rings is 1. The van der Waals surface area contributed by atoms with Crippen LogP contribution in [0.1, 0.15) is 18.4 Å². The highest BCUT2D eigenvalue weighted by atomic mass is 19.1. The number of nitrogens with zero attached hydrogens (tertiary/aromatic N) is 4. The number of carboxylic acid groups (broad SMARTS) is 1. The van der Waals surface area contributed by atoms with Crippen LogP contribution in [0.4, 0.5) is 25.3 Å². The molecular formula is C18H18F2N6O2. The molecule has 0 unspecified atom stereocenters. The van der Waals surface area contributed by atoms with E-state index in [1.807, 2.05) is 4.90 Å². The van der Waals surface area contributed by atoms with Gasteiger partial charge in [-0.25, -0.2) is 18.6 Å². The number of carbonyl (C=O) groups is 1. The molecule has 0 spiro atoms. The molecule has 3 rings (SSSR count). The largest absolute Gasteiger partial charge is 0.465 e. The van der Waals surface area contributed by atoms with Crippen LogP contribution in [0.5, 0.6) is 0 Å². The number of aromatic nitrogens is 2. The lowest BCUT2D eigenvalue weighted by Gasteiger charge is -2.33. The number of nitrogens with one attached hydrogen (secondary N) is 2. The molecule has 1 amide bonds. The van der Waals surface area contributed by atoms with Crippen LogP contribution in [-0.4, -0.2) is 47.3 Å². The van der Waals surface area contributed by atoms with Gasteiger partial charge >= 0.3 is 6.09 Å². The molecule has 1 aliphatic rings. The maximum Gasteiger partial charge on any atom is 0.404 e. The molecule has 8 nitrogen and oxygen atoms in total. The van der Waals surface area contributed by atoms with Gasteiger partial charge < -0.3 is 20.6 Å². The van der Waals surface area contributed by atoms with Gasteiger partial charge in [-0.05, 0) is 25.0 Å². The van der Waals surface area contributed by atoms with Crippen LogP contribution >= 0.6 is 0 Å². The Morgan fingerprint density at radius 3 is 2.64 bits per heavy atom. The van der Waals surface area contributed by atoms with Crippen LogP contribution < -0.4 is 15.5 Å². The number of rotatable bonds is 4. The van der Waals surface area contributed by atoms with E-state index < -0.39 is 23.3 Å². The van der Waals surface area contributed by atoms with Crippen molar-refractivity contribution in [2.24, 2.45) is 0 Å². The van der Waals surface area contributed by atoms with E-state index >= 15 is 0 Å². The smallest absolute Gasteiger partial charge is 0.404 e. The fraction of sp³-hybridized carbons (Fsp3) is 0.333. The zero-order chi connectivity index (χ0) is 20.3. The third kappa shape index (κ3) is 4.09. The summed E-state index contributed by atoms with van der Waals surface area (Å²) in [5.74, 6) is -1.16. The second kappa shape index (κ2) is 8.04. The first kappa shape index (κ1) is 19.3. The van der Waals surface area contributed by atoms with E-state index in [1.165, 1.54) is 6.07 Å². The average molecular weight is 388 g/mol. The van der Waals surface area contributed by atoms with Crippen LogP contribution in [0, 0.1) is 23.0 Å². The van der Waals surface area contributed by atoms with E-state index in [-0.39, 0.29) is 23.2 Å². The minimum absolute atomic E-state index is 0.173. The summed E-state index contributed by atoms with van der Waals surface area (Å²) in [7, 11) is 1.62. The van der Waals surface area contributed by atoms with Crippen molar-refractivity contribution in [2.75, 3.05) is 30.4 Å². The first-order valence-corrected chi connectivity index (χ1v) is 8.62. The minimum Gasteiger partial charge on any atom is -0.465 e. The summed E-state index contributed by atoms with van der Waals surface area (Å²) in [4.78, 5) is 21.4. The molecule has 28 heavy (non-hydrogen) atoms. The molecule has 2 aromatic rings. The molecule has 1 aliphatic heterocycles. The van der Waals surface area contributed by atoms with Gasteiger partial charge in [-0.1, -0.05) is 0 Å². The highest BCUT2D eigenvalue weighted by Gasteiger charge is 2.23. The Bertz CT molecular complexity index is 923. The Morgan fingerprint density at radius 1 is 1.32 bits per heavy atom. The Morgan fingerprint density at radius 2 is 2.04 bits per heavy atom. The van der Waals surface area contributed by atoms with Crippen molar-refractivity contribution in [3.05, 3.63) is 35.4 Å². The third-order valence-electron chi connectivity index (χ3n) is 4.46. The molecule has 2 heterocycles. The zero-order valence-corrected chi connectivity index (χ0v) is 15.0. The first-order chi connectivity index (χ1) is 13.4. The fourth-order valence-electron chi connectivity index (χ4n) is 3.16. The van der Waals surface area contributed by atoms with Crippen LogP contribution in [0.3, 0.4) is 0 Å². The van der Waals surface area contributed by atoms with Gasteiger partial charge in [-0.3, -0.25) is 0 Å². The van der Waals surface area contributed by atoms with E-state index in [9.17, 15) is 13.6 Å². The molecule has 1 aromatic carbocycles. The molecule has 3 N–H and O–H groups in total. The number of hydrogen-bond donors (Lipinski definition) is 3. The molecule has 0 aliphatic carbocycles. The van der Waals surface area contributed by atoms with E-state index in [4.69, 9.17) is 10.4 Å². The summed E-state index contributed by atoms with van der Waals surface area (Å²) in [6.07, 6.45) is 0.389. The van der Waals surface area contributed by atoms with Gasteiger partial charge in [0.2, 0.25) is 5.95 Å². The summed E-state index contributed by atoms with van der Waals surface area (Å²) < 4.78 is 28.0. The average Bonchev–Trinajstić information content (AvgIpc) is 2.67. The highest BCUT2D eigenvalue weighted by Crippen LogP contribution is 2.28. The lowest BCUT2D eigenvalue weighted by atomic mass is 10.1. The van der Waals surface area contributed by atoms with Crippen molar-refractivity contribution in [1.29, 1.82) is 5.26 Å². The summed E-state index contributed by atoms with van der Waals surface area (Å²) in [6, 6.07) is 4.94. The maximum atomic E-state index is 14.0. The van der Waals surface area contributed by atoms with Crippen LogP contribution in [-0.2, 0) is 0 Å². The molecule has 1 atom stereocenters. The fourth-order valence-corrected chi connectivity index (χ4v) is 3.16. The van der Waals surface area contributed by atoms with E-state index in [0.717, 1.165) is 18.6 Å². The minimum atomic E-state index is -1.09. The second-order valence-corrected chi connectivity index (χ2v) is 6.35. The van der Waals surface area contributed by atoms with Crippen molar-refractivity contribution in [2.45, 2.75) is 18.9 Å². The van der Waals surface area contributed by atoms with Gasteiger partial charge in [0, 0.05) is 37.8 Å². The van der Waals surface area contributed by atoms with E-state index in [0.29, 0.717) is 25.3 Å². The summed E-state index contributed by atoms with van der Waals surface area (Å²) >= 11 is 0. The summed E-state index contributed by atoms with van der Waals surface area (Å²) in [5.41, 5.74) is -0.193. The third-order valence-corrected chi connectivity index (χ3v) is 4.46. The number of hydrogen-bond acceptors (Lipinski definition) is 6. The van der Waals surface area contributed by atoms with Crippen molar-refractivity contribution >= 4 is 17.9 Å². The van der Waals surface area contributed by atoms with Crippen LogP contribution in [0.25, 0.3) is 11.3 Å². The van der Waals surface area contributed by atoms with Crippen molar-refractivity contribution < 1.29 is 18.7 Å². The second-order valence-electron chi connectivity index (χ2n) is 6.35. The molecule has 10 heteroatoms. The first-order valence-electron chi connectivity index (χ1n) is 8.62. The Hall–Kier alpha value is -3.48. The van der Waals surface area contributed by atoms with Gasteiger partial charge in [0.05, 0.1) is 5.69 Å². The summed E-state index contributed by atoms with van der Waals surface area (Å²) in [5, 5.41) is 23.0. The normalized spacial score (nSPS) is 16.4. The van der Waals surface area contributed by atoms with Gasteiger partial charge in [-0.2, -0.15) is 10.2 Å². The van der Waals surface area contributed by atoms with Crippen molar-refractivity contribution in [3.8, 4) is 17.3 Å². The summed E-state index contributed by atoms with van der Waals surface area (Å²) in [6.45, 7) is 1.08. The predicted octanol–water partition coefficient (Wildman–Crippen LogP) is 2.57. The number of amides is 1. The number of nitriles is 1. The Balaban J connectivity index is 1.97. The molecule has 1 saturated heterocycles. The van der Waals surface area contributed by atoms with E-state index in [1.54, 1.807) is 13.1 Å². The predicted molar refractivity (Wildman–Crippen MR) is 98.0 cm³/mol. The Labute approximate surface area is 159 Å². The number of piperidine rings is 1. The highest BCUT2D eigenvalue weighted by molar-refractivity contribution is 5.67. The lowest BCUT2D eigenvalue weighted by molar-refractivity contribution is 0.188. The standard InChI is InChI=1S/C18H18F2N6O2/c1-22-17-24-15(10-5-13(19)12(8-21)14(20)6-10)7-16(25-17)26-4-2-3-11(9-26)23-18(27)28/h5-7,11,23H,2-4,9H2,1H3,(H,27,28)(H,22,24,25)/t11-/m1/s1. The monoisotopic (exact) mass is 388 g/mol. The van der Waals surface area contributed by atoms with Gasteiger partial charge in [0.25, 0.3) is 0 Å². The van der Waals surface area contributed by atoms with Crippen molar-refractivity contribution in [3.63, 3.8) is 0 Å². The molecule has 0 bridgehead atoms. The van der Waals surface area contributed by atoms with E-state index in [2.05, 4.69) is 20.6 Å². The van der Waals surface area contributed by atoms with Gasteiger partial charge in [-0.15, -0.1) is 0 Å². The van der Waals surface area contributed by atoms with Gasteiger partial charge in [0.15, 0.2) is 0 Å².